The van der Waals surface area contributed by atoms with E-state index in [2.05, 4.69) is 10.6 Å². The summed E-state index contributed by atoms with van der Waals surface area (Å²) in [4.78, 5) is 38.8. The summed E-state index contributed by atoms with van der Waals surface area (Å²) in [6.45, 7) is 5.30. The zero-order valence-electron chi connectivity index (χ0n) is 18.3. The van der Waals surface area contributed by atoms with Gasteiger partial charge in [-0.3, -0.25) is 14.4 Å². The molecule has 2 aromatic carbocycles. The molecule has 3 atom stereocenters. The molecular formula is C23H29N3O4S. The van der Waals surface area contributed by atoms with Crippen molar-refractivity contribution in [3.63, 3.8) is 0 Å². The first-order valence-electron chi connectivity index (χ1n) is 10.3. The first-order chi connectivity index (χ1) is 14.8. The molecule has 3 rings (SSSR count). The topological polar surface area (TPSA) is 87.7 Å². The van der Waals surface area contributed by atoms with Gasteiger partial charge in [-0.15, -0.1) is 11.8 Å². The van der Waals surface area contributed by atoms with E-state index in [4.69, 9.17) is 4.74 Å². The van der Waals surface area contributed by atoms with Crippen LogP contribution < -0.4 is 15.4 Å². The van der Waals surface area contributed by atoms with E-state index < -0.39 is 6.04 Å². The Bertz CT molecular complexity index is 980. The number of hydrogen-bond donors (Lipinski definition) is 2. The second-order valence-corrected chi connectivity index (χ2v) is 8.89. The van der Waals surface area contributed by atoms with Crippen LogP contribution in [0.4, 0.5) is 0 Å². The molecule has 2 unspecified atom stereocenters. The van der Waals surface area contributed by atoms with E-state index >= 15 is 0 Å². The Balaban J connectivity index is 1.60. The van der Waals surface area contributed by atoms with Crippen LogP contribution in [0.2, 0.25) is 0 Å². The van der Waals surface area contributed by atoms with Crippen molar-refractivity contribution in [1.29, 1.82) is 0 Å². The Hall–Kier alpha value is -2.74. The quantitative estimate of drug-likeness (QED) is 0.687. The molecule has 0 aliphatic carbocycles. The van der Waals surface area contributed by atoms with Gasteiger partial charge in [0.2, 0.25) is 11.8 Å². The predicted octanol–water partition coefficient (Wildman–Crippen LogP) is 2.78. The fourth-order valence-electron chi connectivity index (χ4n) is 3.91. The highest BCUT2D eigenvalue weighted by Crippen LogP contribution is 2.28. The molecule has 0 aromatic heterocycles. The second kappa shape index (κ2) is 10.0. The first kappa shape index (κ1) is 22.9. The molecule has 0 spiro atoms. The van der Waals surface area contributed by atoms with Gasteiger partial charge in [0, 0.05) is 35.7 Å². The van der Waals surface area contributed by atoms with Crippen molar-refractivity contribution in [2.24, 2.45) is 0 Å². The SMILES string of the molecule is COc1ccc(C(=O)NC(C)CC(C)NC(=O)[C@@H]2CSCN2C(C)=O)c2ccccc12. The fourth-order valence-corrected chi connectivity index (χ4v) is 5.12. The van der Waals surface area contributed by atoms with Crippen LogP contribution in [0.1, 0.15) is 37.6 Å². The lowest BCUT2D eigenvalue weighted by molar-refractivity contribution is -0.136. The Morgan fingerprint density at radius 1 is 1.10 bits per heavy atom. The summed E-state index contributed by atoms with van der Waals surface area (Å²) in [7, 11) is 1.61. The first-order valence-corrected chi connectivity index (χ1v) is 11.5. The van der Waals surface area contributed by atoms with Crippen molar-refractivity contribution in [3.05, 3.63) is 42.0 Å². The maximum atomic E-state index is 12.9. The van der Waals surface area contributed by atoms with Gasteiger partial charge in [0.25, 0.3) is 5.91 Å². The number of nitrogens with zero attached hydrogens (tertiary/aromatic N) is 1. The van der Waals surface area contributed by atoms with E-state index in [1.54, 1.807) is 35.9 Å². The Labute approximate surface area is 186 Å². The number of rotatable bonds is 7. The van der Waals surface area contributed by atoms with Crippen molar-refractivity contribution in [1.82, 2.24) is 15.5 Å². The lowest BCUT2D eigenvalue weighted by Gasteiger charge is -2.25. The molecule has 1 aliphatic rings. The summed E-state index contributed by atoms with van der Waals surface area (Å²) >= 11 is 1.58. The third kappa shape index (κ3) is 5.31. The molecule has 3 amide bonds. The molecule has 2 aromatic rings. The summed E-state index contributed by atoms with van der Waals surface area (Å²) in [5.74, 6) is 1.47. The molecule has 0 bridgehead atoms. The molecule has 1 heterocycles. The number of benzene rings is 2. The third-order valence-electron chi connectivity index (χ3n) is 5.41. The molecule has 0 saturated carbocycles. The largest absolute Gasteiger partial charge is 0.496 e. The highest BCUT2D eigenvalue weighted by molar-refractivity contribution is 7.99. The number of carbonyl (C=O) groups is 3. The molecule has 2 N–H and O–H groups in total. The maximum absolute atomic E-state index is 12.9. The molecule has 1 saturated heterocycles. The van der Waals surface area contributed by atoms with Crippen LogP contribution in [-0.4, -0.2) is 59.5 Å². The molecule has 166 valence electrons. The van der Waals surface area contributed by atoms with Crippen molar-refractivity contribution in [3.8, 4) is 5.75 Å². The number of nitrogens with one attached hydrogen (secondary N) is 2. The predicted molar refractivity (Wildman–Crippen MR) is 123 cm³/mol. The Morgan fingerprint density at radius 2 is 1.77 bits per heavy atom. The minimum absolute atomic E-state index is 0.0925. The van der Waals surface area contributed by atoms with Gasteiger partial charge in [0.15, 0.2) is 0 Å². The van der Waals surface area contributed by atoms with Gasteiger partial charge in [-0.1, -0.05) is 24.3 Å². The van der Waals surface area contributed by atoms with Crippen LogP contribution in [-0.2, 0) is 9.59 Å². The number of methoxy groups -OCH3 is 1. The van der Waals surface area contributed by atoms with Crippen molar-refractivity contribution in [2.75, 3.05) is 18.7 Å². The summed E-state index contributed by atoms with van der Waals surface area (Å²) in [6, 6.07) is 10.5. The fraction of sp³-hybridized carbons (Fsp3) is 0.435. The molecule has 31 heavy (non-hydrogen) atoms. The molecule has 1 aliphatic heterocycles. The summed E-state index contributed by atoms with van der Waals surface area (Å²) in [6.07, 6.45) is 0.575. The maximum Gasteiger partial charge on any atom is 0.252 e. The molecular weight excluding hydrogens is 414 g/mol. The van der Waals surface area contributed by atoms with Crippen LogP contribution in [0.3, 0.4) is 0 Å². The van der Waals surface area contributed by atoms with Crippen molar-refractivity contribution >= 4 is 40.3 Å². The van der Waals surface area contributed by atoms with Gasteiger partial charge >= 0.3 is 0 Å². The minimum atomic E-state index is -0.430. The van der Waals surface area contributed by atoms with Crippen LogP contribution in [0.5, 0.6) is 5.75 Å². The van der Waals surface area contributed by atoms with E-state index in [0.29, 0.717) is 23.6 Å². The van der Waals surface area contributed by atoms with E-state index in [1.807, 2.05) is 38.1 Å². The standard InChI is InChI=1S/C23H29N3O4S/c1-14(11-15(2)25-23(29)20-12-31-13-26(20)16(3)27)24-22(28)19-9-10-21(30-4)18-8-6-5-7-17(18)19/h5-10,14-15,20H,11-13H2,1-4H3,(H,24,28)(H,25,29)/t14?,15?,20-/m0/s1. The van der Waals surface area contributed by atoms with Gasteiger partial charge in [-0.25, -0.2) is 0 Å². The Morgan fingerprint density at radius 3 is 2.45 bits per heavy atom. The number of thioether (sulfide) groups is 1. The van der Waals surface area contributed by atoms with E-state index in [0.717, 1.165) is 16.5 Å². The van der Waals surface area contributed by atoms with Gasteiger partial charge < -0.3 is 20.3 Å². The van der Waals surface area contributed by atoms with Crippen molar-refractivity contribution < 1.29 is 19.1 Å². The molecule has 1 fully saturated rings. The average molecular weight is 444 g/mol. The summed E-state index contributed by atoms with van der Waals surface area (Å²) in [5, 5.41) is 7.72. The van der Waals surface area contributed by atoms with Crippen LogP contribution >= 0.6 is 11.8 Å². The van der Waals surface area contributed by atoms with Gasteiger partial charge in [-0.05, 0) is 37.8 Å². The van der Waals surface area contributed by atoms with Gasteiger partial charge in [0.05, 0.1) is 13.0 Å². The third-order valence-corrected chi connectivity index (χ3v) is 6.42. The highest BCUT2D eigenvalue weighted by Gasteiger charge is 2.33. The Kier molecular flexibility index (Phi) is 7.43. The smallest absolute Gasteiger partial charge is 0.252 e. The van der Waals surface area contributed by atoms with Gasteiger partial charge in [-0.2, -0.15) is 0 Å². The minimum Gasteiger partial charge on any atom is -0.496 e. The zero-order valence-corrected chi connectivity index (χ0v) is 19.1. The molecule has 0 radical (unpaired) electrons. The average Bonchev–Trinajstić information content (AvgIpc) is 3.23. The van der Waals surface area contributed by atoms with Gasteiger partial charge in [0.1, 0.15) is 11.8 Å². The van der Waals surface area contributed by atoms with E-state index in [1.165, 1.54) is 6.92 Å². The van der Waals surface area contributed by atoms with Crippen LogP contribution in [0, 0.1) is 0 Å². The highest BCUT2D eigenvalue weighted by atomic mass is 32.2. The van der Waals surface area contributed by atoms with Crippen LogP contribution in [0.25, 0.3) is 10.8 Å². The van der Waals surface area contributed by atoms with Crippen LogP contribution in [0.15, 0.2) is 36.4 Å². The van der Waals surface area contributed by atoms with Crippen molar-refractivity contribution in [2.45, 2.75) is 45.3 Å². The normalized spacial score (nSPS) is 17.8. The lowest BCUT2D eigenvalue weighted by atomic mass is 10.0. The number of amides is 3. The molecule has 7 nitrogen and oxygen atoms in total. The number of fused-ring (bicyclic) bond motifs is 1. The number of ether oxygens (including phenoxy) is 1. The van der Waals surface area contributed by atoms with E-state index in [9.17, 15) is 14.4 Å². The molecule has 8 heteroatoms. The summed E-state index contributed by atoms with van der Waals surface area (Å²) in [5.41, 5.74) is 0.583. The number of hydrogen-bond acceptors (Lipinski definition) is 5. The van der Waals surface area contributed by atoms with E-state index in [-0.39, 0.29) is 29.8 Å². The lowest BCUT2D eigenvalue weighted by Crippen LogP contribution is -2.50. The zero-order chi connectivity index (χ0) is 22.5. The second-order valence-electron chi connectivity index (χ2n) is 7.89. The summed E-state index contributed by atoms with van der Waals surface area (Å²) < 4.78 is 5.40. The monoisotopic (exact) mass is 443 g/mol. The number of carbonyl (C=O) groups excluding carboxylic acids is 3.